The zero-order chi connectivity index (χ0) is 13.2. The molecule has 4 heteroatoms. The maximum atomic E-state index is 13.1. The molecule has 19 heavy (non-hydrogen) atoms. The van der Waals surface area contributed by atoms with E-state index >= 15 is 0 Å². The summed E-state index contributed by atoms with van der Waals surface area (Å²) in [6.45, 7) is 0.807. The van der Waals surface area contributed by atoms with Crippen molar-refractivity contribution in [1.82, 2.24) is 14.9 Å². The summed E-state index contributed by atoms with van der Waals surface area (Å²) in [5, 5.41) is 0. The minimum atomic E-state index is -0.219. The zero-order valence-corrected chi connectivity index (χ0v) is 11.3. The molecule has 2 aromatic rings. The van der Waals surface area contributed by atoms with Gasteiger partial charge in [0.1, 0.15) is 11.6 Å². The van der Waals surface area contributed by atoms with Gasteiger partial charge in [0.15, 0.2) is 0 Å². The number of aromatic nitrogens is 2. The number of aromatic amines is 1. The fraction of sp³-hybridized carbons (Fsp3) is 0.533. The summed E-state index contributed by atoms with van der Waals surface area (Å²) in [5.41, 5.74) is 1.63. The SMILES string of the molecule is CN(Cc1nc2ccc(F)cc2[nH]1)C1CCCCC1. The normalized spacial score (nSPS) is 17.4. The average Bonchev–Trinajstić information content (AvgIpc) is 2.81. The molecule has 1 aromatic heterocycles. The molecule has 0 radical (unpaired) electrons. The van der Waals surface area contributed by atoms with E-state index in [1.54, 1.807) is 6.07 Å². The highest BCUT2D eigenvalue weighted by Gasteiger charge is 2.18. The number of nitrogens with one attached hydrogen (secondary N) is 1. The van der Waals surface area contributed by atoms with E-state index in [2.05, 4.69) is 21.9 Å². The first-order chi connectivity index (χ1) is 9.22. The van der Waals surface area contributed by atoms with E-state index in [0.717, 1.165) is 23.4 Å². The topological polar surface area (TPSA) is 31.9 Å². The molecule has 0 unspecified atom stereocenters. The van der Waals surface area contributed by atoms with Gasteiger partial charge in [-0.1, -0.05) is 19.3 Å². The van der Waals surface area contributed by atoms with Gasteiger partial charge in [0, 0.05) is 6.04 Å². The highest BCUT2D eigenvalue weighted by atomic mass is 19.1. The number of nitrogens with zero attached hydrogens (tertiary/aromatic N) is 2. The van der Waals surface area contributed by atoms with Gasteiger partial charge in [0.05, 0.1) is 17.6 Å². The Morgan fingerprint density at radius 1 is 1.32 bits per heavy atom. The number of fused-ring (bicyclic) bond motifs is 1. The standard InChI is InChI=1S/C15H20FN3/c1-19(12-5-3-2-4-6-12)10-15-17-13-8-7-11(16)9-14(13)18-15/h7-9,12H,2-6,10H2,1H3,(H,17,18). The lowest BCUT2D eigenvalue weighted by Crippen LogP contribution is -2.33. The molecule has 102 valence electrons. The Morgan fingerprint density at radius 2 is 2.11 bits per heavy atom. The van der Waals surface area contributed by atoms with Crippen molar-refractivity contribution in [2.24, 2.45) is 0 Å². The predicted octanol–water partition coefficient (Wildman–Crippen LogP) is 3.47. The van der Waals surface area contributed by atoms with Gasteiger partial charge in [0.25, 0.3) is 0 Å². The molecule has 1 aliphatic carbocycles. The van der Waals surface area contributed by atoms with Crippen molar-refractivity contribution in [2.75, 3.05) is 7.05 Å². The number of imidazole rings is 1. The van der Waals surface area contributed by atoms with Gasteiger partial charge in [-0.15, -0.1) is 0 Å². The minimum Gasteiger partial charge on any atom is -0.341 e. The summed E-state index contributed by atoms with van der Waals surface area (Å²) in [6, 6.07) is 5.36. The van der Waals surface area contributed by atoms with E-state index in [4.69, 9.17) is 0 Å². The Labute approximate surface area is 112 Å². The third-order valence-corrected chi connectivity index (χ3v) is 4.09. The molecular weight excluding hydrogens is 241 g/mol. The van der Waals surface area contributed by atoms with Crippen molar-refractivity contribution in [3.05, 3.63) is 29.8 Å². The lowest BCUT2D eigenvalue weighted by Gasteiger charge is -2.30. The molecule has 0 saturated heterocycles. The van der Waals surface area contributed by atoms with Crippen LogP contribution in [0.3, 0.4) is 0 Å². The first-order valence-corrected chi connectivity index (χ1v) is 7.07. The Bertz CT molecular complexity index is 558. The second kappa shape index (κ2) is 5.29. The maximum Gasteiger partial charge on any atom is 0.125 e. The van der Waals surface area contributed by atoms with Gasteiger partial charge in [-0.2, -0.15) is 0 Å². The van der Waals surface area contributed by atoms with Crippen molar-refractivity contribution < 1.29 is 4.39 Å². The molecule has 0 atom stereocenters. The Kier molecular flexibility index (Phi) is 3.51. The van der Waals surface area contributed by atoms with E-state index in [9.17, 15) is 4.39 Å². The molecule has 3 rings (SSSR count). The number of hydrogen-bond acceptors (Lipinski definition) is 2. The first-order valence-electron chi connectivity index (χ1n) is 7.07. The monoisotopic (exact) mass is 261 g/mol. The van der Waals surface area contributed by atoms with Crippen LogP contribution in [0.4, 0.5) is 4.39 Å². The van der Waals surface area contributed by atoms with Crippen LogP contribution in [-0.4, -0.2) is 28.0 Å². The van der Waals surface area contributed by atoms with Crippen molar-refractivity contribution >= 4 is 11.0 Å². The molecule has 1 aromatic carbocycles. The molecule has 1 fully saturated rings. The minimum absolute atomic E-state index is 0.219. The van der Waals surface area contributed by atoms with Crippen LogP contribution < -0.4 is 0 Å². The summed E-state index contributed by atoms with van der Waals surface area (Å²) >= 11 is 0. The maximum absolute atomic E-state index is 13.1. The third kappa shape index (κ3) is 2.78. The van der Waals surface area contributed by atoms with Gasteiger partial charge < -0.3 is 4.98 Å². The Balaban J connectivity index is 1.73. The molecule has 0 spiro atoms. The van der Waals surface area contributed by atoms with Crippen LogP contribution in [0.1, 0.15) is 37.9 Å². The zero-order valence-electron chi connectivity index (χ0n) is 11.3. The molecule has 1 aliphatic rings. The molecule has 0 aliphatic heterocycles. The number of halogens is 1. The van der Waals surface area contributed by atoms with Crippen LogP contribution in [0.25, 0.3) is 11.0 Å². The second-order valence-electron chi connectivity index (χ2n) is 5.55. The number of hydrogen-bond donors (Lipinski definition) is 1. The van der Waals surface area contributed by atoms with Gasteiger partial charge >= 0.3 is 0 Å². The predicted molar refractivity (Wildman–Crippen MR) is 74.4 cm³/mol. The largest absolute Gasteiger partial charge is 0.341 e. The van der Waals surface area contributed by atoms with Crippen molar-refractivity contribution in [1.29, 1.82) is 0 Å². The van der Waals surface area contributed by atoms with Gasteiger partial charge in [-0.25, -0.2) is 9.37 Å². The quantitative estimate of drug-likeness (QED) is 0.917. The highest BCUT2D eigenvalue weighted by molar-refractivity contribution is 5.74. The van der Waals surface area contributed by atoms with Gasteiger partial charge in [0.2, 0.25) is 0 Å². The van der Waals surface area contributed by atoms with E-state index < -0.39 is 0 Å². The Hall–Kier alpha value is -1.42. The summed E-state index contributed by atoms with van der Waals surface area (Å²) < 4.78 is 13.1. The average molecular weight is 261 g/mol. The van der Waals surface area contributed by atoms with Crippen LogP contribution in [0.2, 0.25) is 0 Å². The second-order valence-corrected chi connectivity index (χ2v) is 5.55. The Morgan fingerprint density at radius 3 is 2.89 bits per heavy atom. The third-order valence-electron chi connectivity index (χ3n) is 4.09. The summed E-state index contributed by atoms with van der Waals surface area (Å²) in [7, 11) is 2.16. The molecule has 1 saturated carbocycles. The van der Waals surface area contributed by atoms with Crippen molar-refractivity contribution in [3.63, 3.8) is 0 Å². The highest BCUT2D eigenvalue weighted by Crippen LogP contribution is 2.23. The van der Waals surface area contributed by atoms with Crippen LogP contribution in [-0.2, 0) is 6.54 Å². The van der Waals surface area contributed by atoms with Crippen molar-refractivity contribution in [2.45, 2.75) is 44.7 Å². The van der Waals surface area contributed by atoms with Gasteiger partial charge in [-0.3, -0.25) is 4.90 Å². The molecule has 0 amide bonds. The van der Waals surface area contributed by atoms with Crippen LogP contribution in [0.5, 0.6) is 0 Å². The number of rotatable bonds is 3. The number of H-pyrrole nitrogens is 1. The van der Waals surface area contributed by atoms with Gasteiger partial charge in [-0.05, 0) is 38.1 Å². The van der Waals surface area contributed by atoms with Crippen LogP contribution in [0.15, 0.2) is 18.2 Å². The summed E-state index contributed by atoms with van der Waals surface area (Å²) in [4.78, 5) is 10.1. The van der Waals surface area contributed by atoms with Crippen LogP contribution >= 0.6 is 0 Å². The van der Waals surface area contributed by atoms with E-state index in [0.29, 0.717) is 6.04 Å². The fourth-order valence-electron chi connectivity index (χ4n) is 3.00. The lowest BCUT2D eigenvalue weighted by atomic mass is 9.94. The molecule has 1 N–H and O–H groups in total. The summed E-state index contributed by atoms with van der Waals surface area (Å²) in [5.74, 6) is 0.706. The van der Waals surface area contributed by atoms with Crippen molar-refractivity contribution in [3.8, 4) is 0 Å². The smallest absolute Gasteiger partial charge is 0.125 e. The lowest BCUT2D eigenvalue weighted by molar-refractivity contribution is 0.181. The van der Waals surface area contributed by atoms with E-state index in [-0.39, 0.29) is 5.82 Å². The van der Waals surface area contributed by atoms with E-state index in [1.165, 1.54) is 44.2 Å². The van der Waals surface area contributed by atoms with E-state index in [1.807, 2.05) is 0 Å². The molecule has 3 nitrogen and oxygen atoms in total. The molecule has 1 heterocycles. The summed E-state index contributed by atoms with van der Waals surface area (Å²) in [6.07, 6.45) is 6.60. The van der Waals surface area contributed by atoms with Crippen LogP contribution in [0, 0.1) is 5.82 Å². The molecule has 0 bridgehead atoms. The number of benzene rings is 1. The molecular formula is C15H20FN3. The first kappa shape index (κ1) is 12.6. The fourth-order valence-corrected chi connectivity index (χ4v) is 3.00.